The van der Waals surface area contributed by atoms with E-state index in [1.807, 2.05) is 18.2 Å². The third-order valence-corrected chi connectivity index (χ3v) is 7.04. The average molecular weight is 478 g/mol. The van der Waals surface area contributed by atoms with Gasteiger partial charge in [0.05, 0.1) is 12.1 Å². The number of alkyl halides is 2. The van der Waals surface area contributed by atoms with Gasteiger partial charge < -0.3 is 5.32 Å². The number of likely N-dealkylation sites (tertiary alicyclic amines) is 1. The molecular formula is C27H29F2N5O. The van der Waals surface area contributed by atoms with Crippen LogP contribution in [0.2, 0.25) is 0 Å². The lowest BCUT2D eigenvalue weighted by Gasteiger charge is -2.40. The number of halogens is 2. The SMILES string of the molecule is CC1=CC=CC(C)C1CN1CC(NC(=O)c2ccc3[nH]nc(-c4ccncc4)c3c2)CC(F)(F)C1. The summed E-state index contributed by atoms with van der Waals surface area (Å²) >= 11 is 0. The fourth-order valence-electron chi connectivity index (χ4n) is 5.23. The number of aromatic nitrogens is 3. The number of allylic oxidation sites excluding steroid dienone is 3. The van der Waals surface area contributed by atoms with Crippen LogP contribution in [0.4, 0.5) is 8.78 Å². The summed E-state index contributed by atoms with van der Waals surface area (Å²) in [5.74, 6) is -2.73. The first kappa shape index (κ1) is 23.4. The molecule has 1 saturated heterocycles. The zero-order valence-corrected chi connectivity index (χ0v) is 19.8. The van der Waals surface area contributed by atoms with E-state index in [1.54, 1.807) is 35.5 Å². The summed E-state index contributed by atoms with van der Waals surface area (Å²) in [6.07, 6.45) is 9.21. The van der Waals surface area contributed by atoms with Crippen molar-refractivity contribution in [1.29, 1.82) is 0 Å². The van der Waals surface area contributed by atoms with Gasteiger partial charge in [0.2, 0.25) is 0 Å². The van der Waals surface area contributed by atoms with Gasteiger partial charge in [0.15, 0.2) is 0 Å². The number of rotatable bonds is 5. The van der Waals surface area contributed by atoms with Crippen molar-refractivity contribution in [3.63, 3.8) is 0 Å². The maximum Gasteiger partial charge on any atom is 0.262 e. The lowest BCUT2D eigenvalue weighted by Crippen LogP contribution is -2.56. The highest BCUT2D eigenvalue weighted by atomic mass is 19.3. The van der Waals surface area contributed by atoms with Crippen molar-refractivity contribution in [2.45, 2.75) is 32.2 Å². The molecule has 5 rings (SSSR count). The van der Waals surface area contributed by atoms with E-state index in [4.69, 9.17) is 0 Å². The van der Waals surface area contributed by atoms with Gasteiger partial charge in [-0.25, -0.2) is 8.78 Å². The van der Waals surface area contributed by atoms with E-state index in [1.165, 1.54) is 5.57 Å². The Morgan fingerprint density at radius 3 is 2.83 bits per heavy atom. The van der Waals surface area contributed by atoms with Crippen molar-refractivity contribution in [2.75, 3.05) is 19.6 Å². The average Bonchev–Trinajstić information content (AvgIpc) is 3.24. The van der Waals surface area contributed by atoms with Crippen molar-refractivity contribution >= 4 is 16.8 Å². The molecule has 3 aromatic rings. The predicted octanol–water partition coefficient (Wildman–Crippen LogP) is 4.83. The summed E-state index contributed by atoms with van der Waals surface area (Å²) in [5.41, 5.74) is 4.00. The molecule has 0 bridgehead atoms. The van der Waals surface area contributed by atoms with Gasteiger partial charge in [-0.15, -0.1) is 0 Å². The highest BCUT2D eigenvalue weighted by Crippen LogP contribution is 2.32. The zero-order chi connectivity index (χ0) is 24.6. The summed E-state index contributed by atoms with van der Waals surface area (Å²) < 4.78 is 29.3. The predicted molar refractivity (Wildman–Crippen MR) is 132 cm³/mol. The molecule has 8 heteroatoms. The molecule has 1 aliphatic carbocycles. The minimum Gasteiger partial charge on any atom is -0.348 e. The molecule has 3 heterocycles. The number of nitrogens with zero attached hydrogens (tertiary/aromatic N) is 3. The molecule has 2 N–H and O–H groups in total. The normalized spacial score (nSPS) is 24.3. The van der Waals surface area contributed by atoms with Gasteiger partial charge in [-0.05, 0) is 49.1 Å². The van der Waals surface area contributed by atoms with E-state index in [-0.39, 0.29) is 24.8 Å². The Hall–Kier alpha value is -3.39. The second kappa shape index (κ2) is 9.34. The van der Waals surface area contributed by atoms with Crippen LogP contribution >= 0.6 is 0 Å². The number of amides is 1. The van der Waals surface area contributed by atoms with E-state index >= 15 is 0 Å². The van der Waals surface area contributed by atoms with Gasteiger partial charge in [-0.2, -0.15) is 5.10 Å². The molecular weight excluding hydrogens is 448 g/mol. The van der Waals surface area contributed by atoms with Gasteiger partial charge in [-0.3, -0.25) is 19.8 Å². The third kappa shape index (κ3) is 5.03. The fourth-order valence-corrected chi connectivity index (χ4v) is 5.23. The number of carbonyl (C=O) groups is 1. The minimum atomic E-state index is -2.86. The minimum absolute atomic E-state index is 0.195. The standard InChI is InChI=1S/C27H29F2N5O/c1-17-4-3-5-18(2)23(17)15-34-14-21(13-27(28,29)16-34)31-26(35)20-6-7-24-22(12-20)25(33-32-24)19-8-10-30-11-9-19/h3-12,17,21,23H,13-16H2,1-2H3,(H,31,35)(H,32,33). The second-order valence-electron chi connectivity index (χ2n) is 9.75. The van der Waals surface area contributed by atoms with Crippen LogP contribution in [0.5, 0.6) is 0 Å². The van der Waals surface area contributed by atoms with Gasteiger partial charge in [0.1, 0.15) is 5.69 Å². The molecule has 1 aliphatic heterocycles. The van der Waals surface area contributed by atoms with Crippen LogP contribution in [0.3, 0.4) is 0 Å². The van der Waals surface area contributed by atoms with Crippen LogP contribution in [0.25, 0.3) is 22.2 Å². The Morgan fingerprint density at radius 2 is 2.06 bits per heavy atom. The van der Waals surface area contributed by atoms with Crippen molar-refractivity contribution < 1.29 is 13.6 Å². The maximum absolute atomic E-state index is 14.7. The lowest BCUT2D eigenvalue weighted by molar-refractivity contribution is -0.0767. The summed E-state index contributed by atoms with van der Waals surface area (Å²) in [5, 5.41) is 11.0. The number of H-pyrrole nitrogens is 1. The van der Waals surface area contributed by atoms with Crippen LogP contribution in [0.15, 0.2) is 66.5 Å². The Balaban J connectivity index is 1.32. The number of hydrogen-bond acceptors (Lipinski definition) is 4. The first-order valence-corrected chi connectivity index (χ1v) is 11.9. The fraction of sp³-hybridized carbons (Fsp3) is 0.370. The van der Waals surface area contributed by atoms with E-state index in [9.17, 15) is 13.6 Å². The number of nitrogens with one attached hydrogen (secondary N) is 2. The number of fused-ring (bicyclic) bond motifs is 1. The largest absolute Gasteiger partial charge is 0.348 e. The van der Waals surface area contributed by atoms with Crippen LogP contribution in [-0.2, 0) is 0 Å². The number of hydrogen-bond donors (Lipinski definition) is 2. The molecule has 0 radical (unpaired) electrons. The summed E-state index contributed by atoms with van der Waals surface area (Å²) in [6, 6.07) is 8.30. The Kier molecular flexibility index (Phi) is 6.23. The molecule has 182 valence electrons. The highest BCUT2D eigenvalue weighted by Gasteiger charge is 2.41. The van der Waals surface area contributed by atoms with Crippen molar-refractivity contribution in [3.05, 3.63) is 72.1 Å². The van der Waals surface area contributed by atoms with E-state index in [0.29, 0.717) is 30.3 Å². The number of carbonyl (C=O) groups excluding carboxylic acids is 1. The summed E-state index contributed by atoms with van der Waals surface area (Å²) in [4.78, 5) is 18.9. The Morgan fingerprint density at radius 1 is 1.26 bits per heavy atom. The quantitative estimate of drug-likeness (QED) is 0.552. The number of piperidine rings is 1. The van der Waals surface area contributed by atoms with Gasteiger partial charge >= 0.3 is 0 Å². The molecule has 2 aromatic heterocycles. The molecule has 3 atom stereocenters. The molecule has 1 fully saturated rings. The molecule has 0 spiro atoms. The first-order chi connectivity index (χ1) is 16.8. The smallest absolute Gasteiger partial charge is 0.262 e. The Labute approximate surface area is 203 Å². The van der Waals surface area contributed by atoms with Crippen molar-refractivity contribution in [3.8, 4) is 11.3 Å². The van der Waals surface area contributed by atoms with E-state index in [2.05, 4.69) is 46.5 Å². The number of pyridine rings is 1. The van der Waals surface area contributed by atoms with E-state index < -0.39 is 12.0 Å². The monoisotopic (exact) mass is 477 g/mol. The number of aromatic amines is 1. The maximum atomic E-state index is 14.7. The van der Waals surface area contributed by atoms with Crippen LogP contribution in [0, 0.1) is 11.8 Å². The lowest BCUT2D eigenvalue weighted by atomic mass is 9.83. The third-order valence-electron chi connectivity index (χ3n) is 7.04. The zero-order valence-electron chi connectivity index (χ0n) is 19.8. The molecule has 1 amide bonds. The highest BCUT2D eigenvalue weighted by molar-refractivity contribution is 6.01. The molecule has 1 aromatic carbocycles. The second-order valence-corrected chi connectivity index (χ2v) is 9.75. The van der Waals surface area contributed by atoms with Crippen molar-refractivity contribution in [1.82, 2.24) is 25.4 Å². The number of benzene rings is 1. The van der Waals surface area contributed by atoms with Gasteiger partial charge in [0.25, 0.3) is 11.8 Å². The molecule has 0 saturated carbocycles. The first-order valence-electron chi connectivity index (χ1n) is 11.9. The van der Waals surface area contributed by atoms with Crippen molar-refractivity contribution in [2.24, 2.45) is 11.8 Å². The van der Waals surface area contributed by atoms with Gasteiger partial charge in [0, 0.05) is 54.5 Å². The Bertz CT molecular complexity index is 1280. The van der Waals surface area contributed by atoms with Crippen LogP contribution in [-0.4, -0.2) is 57.6 Å². The molecule has 2 aliphatic rings. The van der Waals surface area contributed by atoms with Crippen LogP contribution in [0.1, 0.15) is 30.6 Å². The molecule has 35 heavy (non-hydrogen) atoms. The van der Waals surface area contributed by atoms with Crippen LogP contribution < -0.4 is 5.32 Å². The summed E-state index contributed by atoms with van der Waals surface area (Å²) in [6.45, 7) is 4.84. The summed E-state index contributed by atoms with van der Waals surface area (Å²) in [7, 11) is 0. The molecule has 6 nitrogen and oxygen atoms in total. The topological polar surface area (TPSA) is 73.9 Å². The molecule has 3 unspecified atom stereocenters. The van der Waals surface area contributed by atoms with E-state index in [0.717, 1.165) is 16.5 Å². The van der Waals surface area contributed by atoms with Gasteiger partial charge in [-0.1, -0.05) is 30.7 Å².